The van der Waals surface area contributed by atoms with Crippen molar-refractivity contribution in [2.75, 3.05) is 6.61 Å². The van der Waals surface area contributed by atoms with E-state index in [1.54, 1.807) is 0 Å². The molecular formula is C21H24O4. The number of rotatable bonds is 9. The SMILES string of the molecule is O=CC[C@@H]1C[C@H](OCc2ccccc2)[C@@H](COCc2ccccc2)O1. The summed E-state index contributed by atoms with van der Waals surface area (Å²) in [5.74, 6) is 0. The molecule has 1 aliphatic rings. The largest absolute Gasteiger partial charge is 0.374 e. The number of benzene rings is 2. The number of hydrogen-bond acceptors (Lipinski definition) is 4. The number of ether oxygens (including phenoxy) is 3. The molecule has 3 rings (SSSR count). The third kappa shape index (κ3) is 5.49. The summed E-state index contributed by atoms with van der Waals surface area (Å²) in [5, 5.41) is 0. The number of carbonyl (C=O) groups is 1. The summed E-state index contributed by atoms with van der Waals surface area (Å²) < 4.78 is 17.8. The molecule has 0 radical (unpaired) electrons. The Kier molecular flexibility index (Phi) is 6.74. The van der Waals surface area contributed by atoms with Gasteiger partial charge < -0.3 is 19.0 Å². The molecule has 0 spiro atoms. The van der Waals surface area contributed by atoms with E-state index in [-0.39, 0.29) is 18.3 Å². The van der Waals surface area contributed by atoms with Gasteiger partial charge in [0.05, 0.1) is 32.0 Å². The van der Waals surface area contributed by atoms with Crippen LogP contribution in [0.1, 0.15) is 24.0 Å². The molecule has 1 saturated heterocycles. The van der Waals surface area contributed by atoms with Crippen molar-refractivity contribution in [3.05, 3.63) is 71.8 Å². The van der Waals surface area contributed by atoms with E-state index >= 15 is 0 Å². The molecule has 1 heterocycles. The van der Waals surface area contributed by atoms with Gasteiger partial charge >= 0.3 is 0 Å². The second kappa shape index (κ2) is 9.47. The van der Waals surface area contributed by atoms with Crippen molar-refractivity contribution >= 4 is 6.29 Å². The van der Waals surface area contributed by atoms with Crippen LogP contribution >= 0.6 is 0 Å². The molecule has 0 aromatic heterocycles. The maximum Gasteiger partial charge on any atom is 0.122 e. The minimum atomic E-state index is -0.141. The van der Waals surface area contributed by atoms with E-state index in [0.717, 1.165) is 23.8 Å². The molecule has 1 fully saturated rings. The summed E-state index contributed by atoms with van der Waals surface area (Å²) in [7, 11) is 0. The van der Waals surface area contributed by atoms with Crippen molar-refractivity contribution in [1.82, 2.24) is 0 Å². The zero-order valence-corrected chi connectivity index (χ0v) is 14.3. The lowest BCUT2D eigenvalue weighted by Crippen LogP contribution is -2.29. The fourth-order valence-corrected chi connectivity index (χ4v) is 3.03. The number of carbonyl (C=O) groups excluding carboxylic acids is 1. The molecule has 25 heavy (non-hydrogen) atoms. The molecule has 2 aromatic carbocycles. The van der Waals surface area contributed by atoms with Crippen LogP contribution in [0, 0.1) is 0 Å². The maximum absolute atomic E-state index is 10.8. The Bertz CT molecular complexity index is 629. The molecule has 0 unspecified atom stereocenters. The van der Waals surface area contributed by atoms with E-state index in [1.807, 2.05) is 60.7 Å². The van der Waals surface area contributed by atoms with Crippen molar-refractivity contribution < 1.29 is 19.0 Å². The lowest BCUT2D eigenvalue weighted by Gasteiger charge is -2.19. The monoisotopic (exact) mass is 340 g/mol. The minimum absolute atomic E-state index is 0.0547. The van der Waals surface area contributed by atoms with Crippen LogP contribution in [-0.2, 0) is 32.2 Å². The van der Waals surface area contributed by atoms with Crippen LogP contribution in [0.4, 0.5) is 0 Å². The Morgan fingerprint density at radius 1 is 0.960 bits per heavy atom. The summed E-state index contributed by atoms with van der Waals surface area (Å²) in [4.78, 5) is 10.8. The zero-order chi connectivity index (χ0) is 17.3. The van der Waals surface area contributed by atoms with E-state index in [9.17, 15) is 4.79 Å². The summed E-state index contributed by atoms with van der Waals surface area (Å²) in [5.41, 5.74) is 2.26. The normalized spacial score (nSPS) is 22.8. The zero-order valence-electron chi connectivity index (χ0n) is 14.3. The van der Waals surface area contributed by atoms with Crippen molar-refractivity contribution in [2.24, 2.45) is 0 Å². The van der Waals surface area contributed by atoms with Crippen LogP contribution < -0.4 is 0 Å². The van der Waals surface area contributed by atoms with Crippen molar-refractivity contribution in [2.45, 2.75) is 44.4 Å². The van der Waals surface area contributed by atoms with Crippen molar-refractivity contribution in [3.8, 4) is 0 Å². The van der Waals surface area contributed by atoms with Crippen LogP contribution in [0.15, 0.2) is 60.7 Å². The predicted molar refractivity (Wildman–Crippen MR) is 95.1 cm³/mol. The Balaban J connectivity index is 1.51. The third-order valence-corrected chi connectivity index (χ3v) is 4.34. The fourth-order valence-electron chi connectivity index (χ4n) is 3.03. The second-order valence-corrected chi connectivity index (χ2v) is 6.27. The van der Waals surface area contributed by atoms with Crippen LogP contribution in [0.25, 0.3) is 0 Å². The summed E-state index contributed by atoms with van der Waals surface area (Å²) >= 11 is 0. The molecule has 1 aliphatic heterocycles. The van der Waals surface area contributed by atoms with Crippen LogP contribution in [0.5, 0.6) is 0 Å². The second-order valence-electron chi connectivity index (χ2n) is 6.27. The molecule has 0 N–H and O–H groups in total. The van der Waals surface area contributed by atoms with Gasteiger partial charge in [-0.15, -0.1) is 0 Å². The lowest BCUT2D eigenvalue weighted by atomic mass is 10.1. The Morgan fingerprint density at radius 3 is 2.24 bits per heavy atom. The fraction of sp³-hybridized carbons (Fsp3) is 0.381. The molecule has 3 atom stereocenters. The summed E-state index contributed by atoms with van der Waals surface area (Å²) in [6.45, 7) is 1.55. The molecule has 0 saturated carbocycles. The highest BCUT2D eigenvalue weighted by Gasteiger charge is 2.35. The standard InChI is InChI=1S/C21H24O4/c22-12-11-19-13-20(24-15-18-9-5-2-6-10-18)21(25-19)16-23-14-17-7-3-1-4-8-17/h1-10,12,19-21H,11,13-16H2/t19-,20+,21-/m1/s1. The smallest absolute Gasteiger partial charge is 0.122 e. The van der Waals surface area contributed by atoms with Gasteiger partial charge in [-0.25, -0.2) is 0 Å². The Morgan fingerprint density at radius 2 is 1.60 bits per heavy atom. The third-order valence-electron chi connectivity index (χ3n) is 4.34. The topological polar surface area (TPSA) is 44.8 Å². The molecule has 4 heteroatoms. The quantitative estimate of drug-likeness (QED) is 0.655. The van der Waals surface area contributed by atoms with Crippen molar-refractivity contribution in [3.63, 3.8) is 0 Å². The van der Waals surface area contributed by atoms with Gasteiger partial charge in [-0.3, -0.25) is 0 Å². The maximum atomic E-state index is 10.8. The average molecular weight is 340 g/mol. The average Bonchev–Trinajstić information content (AvgIpc) is 3.04. The van der Waals surface area contributed by atoms with Gasteiger partial charge in [0.1, 0.15) is 12.4 Å². The molecule has 0 bridgehead atoms. The van der Waals surface area contributed by atoms with E-state index in [0.29, 0.717) is 26.2 Å². The van der Waals surface area contributed by atoms with Gasteiger partial charge in [0.25, 0.3) is 0 Å². The van der Waals surface area contributed by atoms with Gasteiger partial charge in [0.2, 0.25) is 0 Å². The number of aldehydes is 1. The van der Waals surface area contributed by atoms with Crippen LogP contribution in [0.2, 0.25) is 0 Å². The van der Waals surface area contributed by atoms with Crippen LogP contribution in [0.3, 0.4) is 0 Å². The molecule has 2 aromatic rings. The highest BCUT2D eigenvalue weighted by atomic mass is 16.6. The first kappa shape index (κ1) is 17.8. The highest BCUT2D eigenvalue weighted by Crippen LogP contribution is 2.26. The summed E-state index contributed by atoms with van der Waals surface area (Å²) in [6, 6.07) is 20.1. The summed E-state index contributed by atoms with van der Waals surface area (Å²) in [6.07, 6.45) is 1.76. The first-order valence-electron chi connectivity index (χ1n) is 8.71. The minimum Gasteiger partial charge on any atom is -0.374 e. The van der Waals surface area contributed by atoms with Crippen molar-refractivity contribution in [1.29, 1.82) is 0 Å². The molecular weight excluding hydrogens is 316 g/mol. The van der Waals surface area contributed by atoms with E-state index < -0.39 is 0 Å². The first-order chi connectivity index (χ1) is 12.3. The van der Waals surface area contributed by atoms with Crippen LogP contribution in [-0.4, -0.2) is 31.2 Å². The highest BCUT2D eigenvalue weighted by molar-refractivity contribution is 5.50. The molecule has 0 aliphatic carbocycles. The number of hydrogen-bond donors (Lipinski definition) is 0. The lowest BCUT2D eigenvalue weighted by molar-refractivity contribution is -0.111. The van der Waals surface area contributed by atoms with Gasteiger partial charge in [-0.2, -0.15) is 0 Å². The van der Waals surface area contributed by atoms with Gasteiger partial charge in [0, 0.05) is 12.8 Å². The Hall–Kier alpha value is -2.01. The molecule has 132 valence electrons. The van der Waals surface area contributed by atoms with Gasteiger partial charge in [-0.1, -0.05) is 60.7 Å². The van der Waals surface area contributed by atoms with Gasteiger partial charge in [-0.05, 0) is 11.1 Å². The van der Waals surface area contributed by atoms with E-state index in [2.05, 4.69) is 0 Å². The first-order valence-corrected chi connectivity index (χ1v) is 8.71. The van der Waals surface area contributed by atoms with E-state index in [4.69, 9.17) is 14.2 Å². The molecule has 4 nitrogen and oxygen atoms in total. The molecule has 0 amide bonds. The van der Waals surface area contributed by atoms with E-state index in [1.165, 1.54) is 0 Å². The Labute approximate surface area is 148 Å². The van der Waals surface area contributed by atoms with Gasteiger partial charge in [0.15, 0.2) is 0 Å². The predicted octanol–water partition coefficient (Wildman–Crippen LogP) is 3.54.